The predicted molar refractivity (Wildman–Crippen MR) is 82.5 cm³/mol. The van der Waals surface area contributed by atoms with Crippen LogP contribution in [0, 0.1) is 11.8 Å². The molecule has 0 aliphatic carbocycles. The molecule has 0 spiro atoms. The summed E-state index contributed by atoms with van der Waals surface area (Å²) < 4.78 is 0. The Balaban J connectivity index is 2.17. The van der Waals surface area contributed by atoms with Gasteiger partial charge in [0.15, 0.2) is 0 Å². The van der Waals surface area contributed by atoms with Crippen molar-refractivity contribution in [3.05, 3.63) is 35.4 Å². The van der Waals surface area contributed by atoms with E-state index in [1.165, 1.54) is 12.0 Å². The molecule has 2 nitrogen and oxygen atoms in total. The molecular weight excluding hydrogens is 302 g/mol. The molecule has 104 valence electrons. The van der Waals surface area contributed by atoms with Gasteiger partial charge in [0, 0.05) is 23.5 Å². The van der Waals surface area contributed by atoms with Crippen LogP contribution in [0.3, 0.4) is 0 Å². The van der Waals surface area contributed by atoms with Crippen LogP contribution in [0.2, 0.25) is 0 Å². The minimum absolute atomic E-state index is 0.173. The smallest absolute Gasteiger partial charge is 0.254 e. The number of carbonyl (C=O) groups excluding carboxylic acids is 1. The first-order valence-electron chi connectivity index (χ1n) is 6.98. The van der Waals surface area contributed by atoms with Gasteiger partial charge < -0.3 is 4.90 Å². The van der Waals surface area contributed by atoms with Gasteiger partial charge in [-0.15, -0.1) is 0 Å². The number of benzene rings is 1. The van der Waals surface area contributed by atoms with E-state index >= 15 is 0 Å². The Hall–Kier alpha value is -0.830. The monoisotopic (exact) mass is 323 g/mol. The van der Waals surface area contributed by atoms with Crippen molar-refractivity contribution in [2.24, 2.45) is 11.8 Å². The Labute approximate surface area is 124 Å². The van der Waals surface area contributed by atoms with Gasteiger partial charge in [-0.1, -0.05) is 41.9 Å². The number of rotatable bonds is 2. The molecule has 0 N–H and O–H groups in total. The maximum Gasteiger partial charge on any atom is 0.254 e. The number of likely N-dealkylation sites (tertiary alicyclic amines) is 1. The maximum absolute atomic E-state index is 12.6. The highest BCUT2D eigenvalue weighted by atomic mass is 79.9. The Morgan fingerprint density at radius 2 is 1.89 bits per heavy atom. The minimum atomic E-state index is 0.173. The molecule has 1 aromatic rings. The third kappa shape index (κ3) is 3.19. The van der Waals surface area contributed by atoms with Crippen molar-refractivity contribution in [3.8, 4) is 0 Å². The van der Waals surface area contributed by atoms with Crippen molar-refractivity contribution in [3.63, 3.8) is 0 Å². The molecule has 3 unspecified atom stereocenters. The van der Waals surface area contributed by atoms with Crippen LogP contribution in [0.1, 0.15) is 43.1 Å². The van der Waals surface area contributed by atoms with Gasteiger partial charge in [-0.3, -0.25) is 4.79 Å². The maximum atomic E-state index is 12.6. The van der Waals surface area contributed by atoms with E-state index < -0.39 is 0 Å². The van der Waals surface area contributed by atoms with Gasteiger partial charge in [0.1, 0.15) is 0 Å². The number of piperidine rings is 1. The molecule has 2 rings (SSSR count). The molecule has 1 saturated heterocycles. The average Bonchev–Trinajstić information content (AvgIpc) is 2.42. The van der Waals surface area contributed by atoms with E-state index in [0.29, 0.717) is 17.9 Å². The highest BCUT2D eigenvalue weighted by Gasteiger charge is 2.32. The van der Waals surface area contributed by atoms with E-state index in [9.17, 15) is 4.79 Å². The van der Waals surface area contributed by atoms with Crippen molar-refractivity contribution in [2.75, 3.05) is 6.54 Å². The van der Waals surface area contributed by atoms with Crippen molar-refractivity contribution in [1.29, 1.82) is 0 Å². The molecule has 1 heterocycles. The molecule has 0 saturated carbocycles. The number of alkyl halides is 1. The first kappa shape index (κ1) is 14.6. The van der Waals surface area contributed by atoms with E-state index in [0.717, 1.165) is 17.4 Å². The summed E-state index contributed by atoms with van der Waals surface area (Å²) in [6.07, 6.45) is 1.22. The zero-order valence-corrected chi connectivity index (χ0v) is 13.5. The van der Waals surface area contributed by atoms with Crippen LogP contribution < -0.4 is 0 Å². The number of amides is 1. The summed E-state index contributed by atoms with van der Waals surface area (Å²) in [4.78, 5) is 14.7. The molecular formula is C16H22BrNO. The lowest BCUT2D eigenvalue weighted by Crippen LogP contribution is -2.48. The largest absolute Gasteiger partial charge is 0.335 e. The highest BCUT2D eigenvalue weighted by Crippen LogP contribution is 2.28. The number of halogens is 1. The van der Waals surface area contributed by atoms with Crippen LogP contribution in [0.15, 0.2) is 24.3 Å². The molecule has 3 heteroatoms. The Morgan fingerprint density at radius 3 is 2.47 bits per heavy atom. The number of hydrogen-bond acceptors (Lipinski definition) is 1. The van der Waals surface area contributed by atoms with E-state index in [1.807, 2.05) is 29.2 Å². The van der Waals surface area contributed by atoms with Gasteiger partial charge in [0.25, 0.3) is 5.91 Å². The number of nitrogens with zero attached hydrogens (tertiary/aromatic N) is 1. The van der Waals surface area contributed by atoms with E-state index in [2.05, 4.69) is 36.7 Å². The average molecular weight is 324 g/mol. The fourth-order valence-electron chi connectivity index (χ4n) is 2.89. The summed E-state index contributed by atoms with van der Waals surface area (Å²) in [7, 11) is 0. The van der Waals surface area contributed by atoms with Crippen LogP contribution in [0.5, 0.6) is 0 Å². The van der Waals surface area contributed by atoms with Gasteiger partial charge in [-0.25, -0.2) is 0 Å². The van der Waals surface area contributed by atoms with Gasteiger partial charge >= 0.3 is 0 Å². The van der Waals surface area contributed by atoms with Crippen molar-refractivity contribution >= 4 is 21.8 Å². The second-order valence-electron chi connectivity index (χ2n) is 5.85. The zero-order chi connectivity index (χ0) is 14.0. The SMILES string of the molecule is CC1CC(C)C(C)N(C(=O)c2ccc(CBr)cc2)C1. The summed E-state index contributed by atoms with van der Waals surface area (Å²) in [6, 6.07) is 8.25. The third-order valence-electron chi connectivity index (χ3n) is 4.21. The molecule has 3 atom stereocenters. The van der Waals surface area contributed by atoms with E-state index in [1.54, 1.807) is 0 Å². The molecule has 0 radical (unpaired) electrons. The molecule has 1 aliphatic rings. The standard InChI is InChI=1S/C16H22BrNO/c1-11-8-12(2)13(3)18(10-11)16(19)15-6-4-14(9-17)5-7-15/h4-7,11-13H,8-10H2,1-3H3. The lowest BCUT2D eigenvalue weighted by molar-refractivity contribution is 0.0455. The zero-order valence-electron chi connectivity index (χ0n) is 11.9. The van der Waals surface area contributed by atoms with Gasteiger partial charge in [0.05, 0.1) is 0 Å². The van der Waals surface area contributed by atoms with Crippen LogP contribution >= 0.6 is 15.9 Å². The van der Waals surface area contributed by atoms with Crippen molar-refractivity contribution in [1.82, 2.24) is 4.90 Å². The fourth-order valence-corrected chi connectivity index (χ4v) is 3.26. The van der Waals surface area contributed by atoms with Crippen LogP contribution in [0.4, 0.5) is 0 Å². The summed E-state index contributed by atoms with van der Waals surface area (Å²) in [6.45, 7) is 7.52. The van der Waals surface area contributed by atoms with Crippen LogP contribution in [-0.4, -0.2) is 23.4 Å². The highest BCUT2D eigenvalue weighted by molar-refractivity contribution is 9.08. The Bertz CT molecular complexity index is 443. The molecule has 1 aliphatic heterocycles. The van der Waals surface area contributed by atoms with E-state index in [4.69, 9.17) is 0 Å². The minimum Gasteiger partial charge on any atom is -0.335 e. The van der Waals surface area contributed by atoms with Crippen molar-refractivity contribution in [2.45, 2.75) is 38.6 Å². The van der Waals surface area contributed by atoms with E-state index in [-0.39, 0.29) is 5.91 Å². The molecule has 1 amide bonds. The molecule has 0 bridgehead atoms. The van der Waals surface area contributed by atoms with Crippen LogP contribution in [-0.2, 0) is 5.33 Å². The summed E-state index contributed by atoms with van der Waals surface area (Å²) >= 11 is 3.43. The van der Waals surface area contributed by atoms with Crippen molar-refractivity contribution < 1.29 is 4.79 Å². The van der Waals surface area contributed by atoms with Gasteiger partial charge in [0.2, 0.25) is 0 Å². The molecule has 0 aromatic heterocycles. The normalized spacial score (nSPS) is 27.4. The summed E-state index contributed by atoms with van der Waals surface area (Å²) in [5.41, 5.74) is 2.00. The van der Waals surface area contributed by atoms with Gasteiger partial charge in [-0.05, 0) is 42.9 Å². The Kier molecular flexibility index (Phi) is 4.67. The van der Waals surface area contributed by atoms with Gasteiger partial charge in [-0.2, -0.15) is 0 Å². The summed E-state index contributed by atoms with van der Waals surface area (Å²) in [5.74, 6) is 1.35. The predicted octanol–water partition coefficient (Wildman–Crippen LogP) is 4.09. The first-order valence-corrected chi connectivity index (χ1v) is 8.11. The number of carbonyl (C=O) groups is 1. The third-order valence-corrected chi connectivity index (χ3v) is 4.86. The number of hydrogen-bond donors (Lipinski definition) is 0. The molecule has 1 fully saturated rings. The summed E-state index contributed by atoms with van der Waals surface area (Å²) in [5, 5.41) is 0.829. The first-order chi connectivity index (χ1) is 9.02. The van der Waals surface area contributed by atoms with Crippen LogP contribution in [0.25, 0.3) is 0 Å². The topological polar surface area (TPSA) is 20.3 Å². The Morgan fingerprint density at radius 1 is 1.26 bits per heavy atom. The lowest BCUT2D eigenvalue weighted by Gasteiger charge is -2.41. The molecule has 1 aromatic carbocycles. The quantitative estimate of drug-likeness (QED) is 0.751. The molecule has 19 heavy (non-hydrogen) atoms. The second kappa shape index (κ2) is 6.08. The lowest BCUT2D eigenvalue weighted by atomic mass is 9.85. The second-order valence-corrected chi connectivity index (χ2v) is 6.41. The fraction of sp³-hybridized carbons (Fsp3) is 0.562.